The van der Waals surface area contributed by atoms with E-state index in [0.29, 0.717) is 33.3 Å². The molecule has 11 heteroatoms. The van der Waals surface area contributed by atoms with Crippen molar-refractivity contribution in [3.05, 3.63) is 58.1 Å². The average Bonchev–Trinajstić information content (AvgIpc) is 2.81. The molecule has 2 N–H and O–H groups in total. The molecular weight excluding hydrogens is 491 g/mol. The number of nitrogens with one attached hydrogen (secondary N) is 2. The van der Waals surface area contributed by atoms with Crippen LogP contribution in [0.5, 0.6) is 0 Å². The van der Waals surface area contributed by atoms with E-state index in [0.717, 1.165) is 32.4 Å². The third-order valence-corrected chi connectivity index (χ3v) is 7.11. The number of carbonyl (C=O) groups excluding carboxylic acids is 1. The number of benzene rings is 2. The van der Waals surface area contributed by atoms with Crippen LogP contribution >= 0.6 is 11.6 Å². The van der Waals surface area contributed by atoms with E-state index in [-0.39, 0.29) is 17.8 Å². The molecule has 1 atom stereocenters. The Morgan fingerprint density at radius 1 is 1.15 bits per heavy atom. The summed E-state index contributed by atoms with van der Waals surface area (Å²) < 4.78 is 50.3. The monoisotopic (exact) mass is 517 g/mol. The minimum atomic E-state index is -4.88. The quantitative estimate of drug-likeness (QED) is 0.351. The molecule has 2 aromatic carbocycles. The Hall–Kier alpha value is -1.98. The molecule has 0 aliphatic carbocycles. The Morgan fingerprint density at radius 2 is 1.88 bits per heavy atom. The Morgan fingerprint density at radius 3 is 2.56 bits per heavy atom. The zero-order valence-corrected chi connectivity index (χ0v) is 20.3. The SMILES string of the molecule is CC[S+]([O-])c1ccc(Cl)cc1CNC(=O)c1ccc(CN2CCCCC2)c(NOC(F)(F)F)c1. The Labute approximate surface area is 204 Å². The van der Waals surface area contributed by atoms with Gasteiger partial charge in [0.05, 0.1) is 5.69 Å². The van der Waals surface area contributed by atoms with Crippen molar-refractivity contribution >= 4 is 34.4 Å². The maximum Gasteiger partial charge on any atom is 0.543 e. The van der Waals surface area contributed by atoms with Crippen molar-refractivity contribution in [1.82, 2.24) is 10.2 Å². The molecule has 1 saturated heterocycles. The second-order valence-electron chi connectivity index (χ2n) is 7.93. The zero-order valence-electron chi connectivity index (χ0n) is 18.7. The van der Waals surface area contributed by atoms with Gasteiger partial charge in [0, 0.05) is 29.2 Å². The lowest BCUT2D eigenvalue weighted by Crippen LogP contribution is -2.30. The standard InChI is InChI=1S/C23H27ClF3N3O3S/c1-2-34(32)21-9-8-19(24)12-18(21)14-28-22(31)16-6-7-17(15-30-10-4-3-5-11-30)20(13-16)29-33-23(25,26)27/h6-9,12-13,29H,2-5,10-11,14-15H2,1H3,(H,28,31). The Balaban J connectivity index is 1.76. The molecule has 0 aromatic heterocycles. The molecule has 1 heterocycles. The summed E-state index contributed by atoms with van der Waals surface area (Å²) in [6.07, 6.45) is -1.66. The van der Waals surface area contributed by atoms with E-state index in [1.807, 2.05) is 5.48 Å². The number of hydrogen-bond donors (Lipinski definition) is 2. The number of halogens is 4. The molecule has 1 amide bonds. The molecule has 3 rings (SSSR count). The van der Waals surface area contributed by atoms with E-state index >= 15 is 0 Å². The van der Waals surface area contributed by atoms with Crippen molar-refractivity contribution in [3.8, 4) is 0 Å². The summed E-state index contributed by atoms with van der Waals surface area (Å²) in [6, 6.07) is 9.46. The molecule has 186 valence electrons. The highest BCUT2D eigenvalue weighted by Gasteiger charge is 2.30. The number of carbonyl (C=O) groups is 1. The van der Waals surface area contributed by atoms with Gasteiger partial charge in [-0.25, -0.2) is 0 Å². The largest absolute Gasteiger partial charge is 0.611 e. The minimum Gasteiger partial charge on any atom is -0.611 e. The summed E-state index contributed by atoms with van der Waals surface area (Å²) in [5, 5.41) is 3.17. The fraction of sp³-hybridized carbons (Fsp3) is 0.435. The molecule has 1 fully saturated rings. The molecule has 1 unspecified atom stereocenters. The number of likely N-dealkylation sites (tertiary alicyclic amines) is 1. The van der Waals surface area contributed by atoms with Crippen LogP contribution in [-0.4, -0.2) is 40.6 Å². The van der Waals surface area contributed by atoms with Gasteiger partial charge >= 0.3 is 6.36 Å². The van der Waals surface area contributed by atoms with Crippen LogP contribution in [0.15, 0.2) is 41.3 Å². The molecular formula is C23H27ClF3N3O3S. The molecule has 0 bridgehead atoms. The fourth-order valence-corrected chi connectivity index (χ4v) is 4.91. The van der Waals surface area contributed by atoms with E-state index in [1.165, 1.54) is 6.07 Å². The first-order valence-corrected chi connectivity index (χ1v) is 12.7. The van der Waals surface area contributed by atoms with Gasteiger partial charge in [-0.2, -0.15) is 4.84 Å². The first-order valence-electron chi connectivity index (χ1n) is 11.0. The van der Waals surface area contributed by atoms with Crippen LogP contribution in [0, 0.1) is 0 Å². The number of hydrogen-bond acceptors (Lipinski definition) is 5. The van der Waals surface area contributed by atoms with Crippen molar-refractivity contribution in [3.63, 3.8) is 0 Å². The number of piperidine rings is 1. The maximum atomic E-state index is 12.8. The van der Waals surface area contributed by atoms with Gasteiger partial charge in [-0.15, -0.1) is 13.2 Å². The van der Waals surface area contributed by atoms with Crippen molar-refractivity contribution in [1.29, 1.82) is 0 Å². The van der Waals surface area contributed by atoms with Gasteiger partial charge < -0.3 is 9.87 Å². The van der Waals surface area contributed by atoms with Crippen LogP contribution in [0.4, 0.5) is 18.9 Å². The maximum absolute atomic E-state index is 12.8. The predicted molar refractivity (Wildman–Crippen MR) is 126 cm³/mol. The van der Waals surface area contributed by atoms with Crippen molar-refractivity contribution in [2.75, 3.05) is 24.3 Å². The van der Waals surface area contributed by atoms with Gasteiger partial charge in [0.15, 0.2) is 4.90 Å². The second kappa shape index (κ2) is 12.1. The fourth-order valence-electron chi connectivity index (χ4n) is 3.76. The highest BCUT2D eigenvalue weighted by Crippen LogP contribution is 2.26. The van der Waals surface area contributed by atoms with Crippen molar-refractivity contribution in [2.45, 2.75) is 50.5 Å². The Bertz CT molecular complexity index is 988. The van der Waals surface area contributed by atoms with Gasteiger partial charge in [-0.3, -0.25) is 15.2 Å². The van der Waals surface area contributed by atoms with Gasteiger partial charge in [-0.05, 0) is 79.9 Å². The number of anilines is 1. The lowest BCUT2D eigenvalue weighted by atomic mass is 10.1. The van der Waals surface area contributed by atoms with Crippen molar-refractivity contribution in [2.24, 2.45) is 0 Å². The summed E-state index contributed by atoms with van der Waals surface area (Å²) in [7, 11) is 0. The topological polar surface area (TPSA) is 76.7 Å². The number of rotatable bonds is 9. The third kappa shape index (κ3) is 7.78. The number of nitrogens with zero attached hydrogens (tertiary/aromatic N) is 1. The van der Waals surface area contributed by atoms with Gasteiger partial charge in [0.25, 0.3) is 5.91 Å². The van der Waals surface area contributed by atoms with Crippen molar-refractivity contribution < 1.29 is 27.4 Å². The van der Waals surface area contributed by atoms with Crippen LogP contribution in [0.3, 0.4) is 0 Å². The van der Waals surface area contributed by atoms with E-state index in [9.17, 15) is 22.5 Å². The van der Waals surface area contributed by atoms with E-state index in [4.69, 9.17) is 11.6 Å². The highest BCUT2D eigenvalue weighted by molar-refractivity contribution is 7.91. The summed E-state index contributed by atoms with van der Waals surface area (Å²) in [5.74, 6) is -0.0808. The molecule has 34 heavy (non-hydrogen) atoms. The first-order chi connectivity index (χ1) is 16.2. The summed E-state index contributed by atoms with van der Waals surface area (Å²) in [4.78, 5) is 19.3. The van der Waals surface area contributed by atoms with Crippen LogP contribution < -0.4 is 10.8 Å². The summed E-state index contributed by atoms with van der Waals surface area (Å²) in [6.45, 7) is 4.03. The second-order valence-corrected chi connectivity index (χ2v) is 10.1. The molecule has 2 aromatic rings. The molecule has 0 radical (unpaired) electrons. The van der Waals surface area contributed by atoms with Gasteiger partial charge in [0.1, 0.15) is 5.75 Å². The van der Waals surface area contributed by atoms with Gasteiger partial charge in [-0.1, -0.05) is 24.1 Å². The highest BCUT2D eigenvalue weighted by atomic mass is 35.5. The van der Waals surface area contributed by atoms with Gasteiger partial charge in [0.2, 0.25) is 0 Å². The lowest BCUT2D eigenvalue weighted by Gasteiger charge is -2.27. The summed E-state index contributed by atoms with van der Waals surface area (Å²) >= 11 is 4.82. The average molecular weight is 518 g/mol. The first kappa shape index (κ1) is 26.6. The molecule has 1 aliphatic heterocycles. The number of alkyl halides is 3. The summed E-state index contributed by atoms with van der Waals surface area (Å²) in [5.41, 5.74) is 3.41. The minimum absolute atomic E-state index is 0.0673. The van der Waals surface area contributed by atoms with Crippen LogP contribution in [0.25, 0.3) is 0 Å². The van der Waals surface area contributed by atoms with E-state index < -0.39 is 23.4 Å². The van der Waals surface area contributed by atoms with Crippen LogP contribution in [0.1, 0.15) is 47.7 Å². The molecule has 6 nitrogen and oxygen atoms in total. The Kier molecular flexibility index (Phi) is 9.49. The third-order valence-electron chi connectivity index (χ3n) is 5.46. The molecule has 0 saturated carbocycles. The van der Waals surface area contributed by atoms with E-state index in [1.54, 1.807) is 37.3 Å². The predicted octanol–water partition coefficient (Wildman–Crippen LogP) is 5.25. The number of amides is 1. The smallest absolute Gasteiger partial charge is 0.543 e. The molecule has 0 spiro atoms. The zero-order chi connectivity index (χ0) is 24.7. The van der Waals surface area contributed by atoms with Crippen LogP contribution in [0.2, 0.25) is 5.02 Å². The molecule has 1 aliphatic rings. The lowest BCUT2D eigenvalue weighted by molar-refractivity contribution is -0.311. The van der Waals surface area contributed by atoms with Crippen LogP contribution in [-0.2, 0) is 29.1 Å². The normalized spacial score (nSPS) is 15.7. The van der Waals surface area contributed by atoms with E-state index in [2.05, 4.69) is 15.1 Å².